The van der Waals surface area contributed by atoms with Crippen LogP contribution >= 0.6 is 0 Å². The van der Waals surface area contributed by atoms with E-state index < -0.39 is 0 Å². The Bertz CT molecular complexity index is 61.4. The first-order valence-corrected chi connectivity index (χ1v) is 3.22. The summed E-state index contributed by atoms with van der Waals surface area (Å²) in [5.41, 5.74) is 0. The SMILES string of the molecule is [B][B]N1CCCCC1. The van der Waals surface area contributed by atoms with Gasteiger partial charge >= 0.3 is 0 Å². The summed E-state index contributed by atoms with van der Waals surface area (Å²) in [6.07, 6.45) is 4.01. The van der Waals surface area contributed by atoms with E-state index in [1.807, 2.05) is 0 Å². The Labute approximate surface area is 53.1 Å². The summed E-state index contributed by atoms with van der Waals surface area (Å²) in [6, 6.07) is 0. The van der Waals surface area contributed by atoms with Gasteiger partial charge in [-0.05, 0) is 25.9 Å². The Morgan fingerprint density at radius 1 is 1.12 bits per heavy atom. The molecule has 0 aromatic rings. The lowest BCUT2D eigenvalue weighted by Crippen LogP contribution is -2.33. The molecule has 0 spiro atoms. The van der Waals surface area contributed by atoms with Gasteiger partial charge in [0, 0.05) is 7.74 Å². The first-order valence-electron chi connectivity index (χ1n) is 3.22. The zero-order valence-corrected chi connectivity index (χ0v) is 5.14. The Morgan fingerprint density at radius 3 is 2.12 bits per heavy atom. The molecule has 1 saturated heterocycles. The number of hydrogen-bond acceptors (Lipinski definition) is 1. The van der Waals surface area contributed by atoms with Crippen LogP contribution in [0.5, 0.6) is 0 Å². The number of rotatable bonds is 1. The molecule has 3 heteroatoms. The summed E-state index contributed by atoms with van der Waals surface area (Å²) >= 11 is 0. The second-order valence-corrected chi connectivity index (χ2v) is 2.25. The van der Waals surface area contributed by atoms with Crippen molar-refractivity contribution in [2.24, 2.45) is 0 Å². The first kappa shape index (κ1) is 6.21. The van der Waals surface area contributed by atoms with Crippen molar-refractivity contribution in [3.8, 4) is 0 Å². The smallest absolute Gasteiger partial charge is 0.148 e. The molecule has 1 fully saturated rings. The number of piperidine rings is 1. The van der Waals surface area contributed by atoms with Crippen molar-refractivity contribution in [1.82, 2.24) is 4.81 Å². The fourth-order valence-corrected chi connectivity index (χ4v) is 1.07. The van der Waals surface area contributed by atoms with Crippen LogP contribution in [0.2, 0.25) is 0 Å². The molecule has 0 aromatic heterocycles. The highest BCUT2D eigenvalue weighted by Gasteiger charge is 2.05. The predicted molar refractivity (Wildman–Crippen MR) is 36.9 cm³/mol. The van der Waals surface area contributed by atoms with E-state index in [-0.39, 0.29) is 0 Å². The fraction of sp³-hybridized carbons (Fsp3) is 1.00. The van der Waals surface area contributed by atoms with Gasteiger partial charge in [-0.25, -0.2) is 0 Å². The zero-order valence-electron chi connectivity index (χ0n) is 5.14. The van der Waals surface area contributed by atoms with E-state index in [9.17, 15) is 0 Å². The van der Waals surface area contributed by atoms with E-state index in [0.717, 1.165) is 13.1 Å². The van der Waals surface area contributed by atoms with Gasteiger partial charge in [-0.2, -0.15) is 0 Å². The van der Waals surface area contributed by atoms with Gasteiger partial charge in [-0.1, -0.05) is 6.42 Å². The van der Waals surface area contributed by atoms with E-state index in [1.54, 1.807) is 7.31 Å². The quantitative estimate of drug-likeness (QED) is 0.430. The molecule has 0 aromatic carbocycles. The van der Waals surface area contributed by atoms with Gasteiger partial charge in [0.15, 0.2) is 0 Å². The van der Waals surface area contributed by atoms with Crippen LogP contribution in [0.25, 0.3) is 0 Å². The lowest BCUT2D eigenvalue weighted by atomic mass is 9.64. The summed E-state index contributed by atoms with van der Waals surface area (Å²) in [5, 5.41) is 0. The second-order valence-electron chi connectivity index (χ2n) is 2.25. The van der Waals surface area contributed by atoms with Crippen LogP contribution in [0.15, 0.2) is 0 Å². The van der Waals surface area contributed by atoms with Crippen molar-refractivity contribution in [1.29, 1.82) is 0 Å². The molecule has 1 heterocycles. The van der Waals surface area contributed by atoms with Gasteiger partial charge in [-0.15, -0.1) is 0 Å². The van der Waals surface area contributed by atoms with Gasteiger partial charge in [0.05, 0.1) is 0 Å². The molecule has 0 saturated carbocycles. The second kappa shape index (κ2) is 3.18. The molecule has 1 aliphatic heterocycles. The Kier molecular flexibility index (Phi) is 2.47. The predicted octanol–water partition coefficient (Wildman–Crippen LogP) is 0.175. The molecule has 1 rings (SSSR count). The van der Waals surface area contributed by atoms with E-state index >= 15 is 0 Å². The highest BCUT2D eigenvalue weighted by Crippen LogP contribution is 2.05. The molecule has 0 amide bonds. The van der Waals surface area contributed by atoms with Gasteiger partial charge in [0.2, 0.25) is 0 Å². The monoisotopic (exact) mass is 106 g/mol. The minimum absolute atomic E-state index is 1.16. The molecule has 0 N–H and O–H groups in total. The van der Waals surface area contributed by atoms with Crippen molar-refractivity contribution in [3.05, 3.63) is 0 Å². The molecule has 1 aliphatic rings. The standard InChI is InChI=1S/C5H10B2N/c6-7-8-4-2-1-3-5-8/h1-5H2. The lowest BCUT2D eigenvalue weighted by Gasteiger charge is -2.24. The van der Waals surface area contributed by atoms with Crippen LogP contribution in [0.3, 0.4) is 0 Å². The number of nitrogens with zero attached hydrogens (tertiary/aromatic N) is 1. The van der Waals surface area contributed by atoms with Gasteiger partial charge in [0.1, 0.15) is 7.31 Å². The Hall–Kier alpha value is 0.0899. The molecule has 0 atom stereocenters. The lowest BCUT2D eigenvalue weighted by molar-refractivity contribution is 0.365. The molecular weight excluding hydrogens is 95.7 g/mol. The molecule has 8 heavy (non-hydrogen) atoms. The van der Waals surface area contributed by atoms with Crippen molar-refractivity contribution < 1.29 is 0 Å². The highest BCUT2D eigenvalue weighted by atomic mass is 15.0. The maximum Gasteiger partial charge on any atom is 0.148 e. The summed E-state index contributed by atoms with van der Waals surface area (Å²) < 4.78 is 0. The first-order chi connectivity index (χ1) is 3.93. The zero-order chi connectivity index (χ0) is 5.82. The summed E-state index contributed by atoms with van der Waals surface area (Å²) in [4.78, 5) is 2.17. The molecule has 0 unspecified atom stereocenters. The van der Waals surface area contributed by atoms with Crippen LogP contribution < -0.4 is 0 Å². The van der Waals surface area contributed by atoms with E-state index in [1.165, 1.54) is 19.3 Å². The average molecular weight is 106 g/mol. The normalized spacial score (nSPS) is 23.0. The van der Waals surface area contributed by atoms with E-state index in [2.05, 4.69) is 4.81 Å². The third-order valence-corrected chi connectivity index (χ3v) is 1.60. The van der Waals surface area contributed by atoms with Crippen molar-refractivity contribution in [2.45, 2.75) is 19.3 Å². The third kappa shape index (κ3) is 1.55. The number of hydrogen-bond donors (Lipinski definition) is 0. The highest BCUT2D eigenvalue weighted by molar-refractivity contribution is 6.87. The minimum atomic E-state index is 1.16. The largest absolute Gasteiger partial charge is 0.356 e. The van der Waals surface area contributed by atoms with Crippen LogP contribution in [-0.2, 0) is 0 Å². The maximum atomic E-state index is 5.30. The van der Waals surface area contributed by atoms with Crippen LogP contribution in [0.1, 0.15) is 19.3 Å². The molecule has 1 nitrogen and oxygen atoms in total. The van der Waals surface area contributed by atoms with Crippen LogP contribution in [-0.4, -0.2) is 32.9 Å². The summed E-state index contributed by atoms with van der Waals surface area (Å²) in [7, 11) is 7.00. The van der Waals surface area contributed by atoms with E-state index in [4.69, 9.17) is 7.74 Å². The maximum absolute atomic E-state index is 5.30. The average Bonchev–Trinajstić information content (AvgIpc) is 1.90. The Balaban J connectivity index is 2.13. The molecule has 0 aliphatic carbocycles. The minimum Gasteiger partial charge on any atom is -0.356 e. The topological polar surface area (TPSA) is 3.24 Å². The van der Waals surface area contributed by atoms with Crippen molar-refractivity contribution in [2.75, 3.05) is 13.1 Å². The van der Waals surface area contributed by atoms with Gasteiger partial charge in [-0.3, -0.25) is 0 Å². The van der Waals surface area contributed by atoms with Crippen LogP contribution in [0.4, 0.5) is 0 Å². The molecule has 41 valence electrons. The summed E-state index contributed by atoms with van der Waals surface area (Å²) in [6.45, 7) is 2.33. The van der Waals surface area contributed by atoms with E-state index in [0.29, 0.717) is 0 Å². The summed E-state index contributed by atoms with van der Waals surface area (Å²) in [5.74, 6) is 0. The Morgan fingerprint density at radius 2 is 1.75 bits per heavy atom. The molecule has 3 radical (unpaired) electrons. The van der Waals surface area contributed by atoms with Gasteiger partial charge in [0.25, 0.3) is 0 Å². The van der Waals surface area contributed by atoms with Crippen LogP contribution in [0, 0.1) is 0 Å². The third-order valence-electron chi connectivity index (χ3n) is 1.60. The molecule has 0 bridgehead atoms. The molecular formula is C5H10B2N. The fourth-order valence-electron chi connectivity index (χ4n) is 1.07. The van der Waals surface area contributed by atoms with Crippen molar-refractivity contribution >= 4 is 15.0 Å². The van der Waals surface area contributed by atoms with Crippen molar-refractivity contribution in [3.63, 3.8) is 0 Å². The van der Waals surface area contributed by atoms with Gasteiger partial charge < -0.3 is 4.81 Å².